The molecule has 0 aromatic heterocycles. The first-order valence-electron chi connectivity index (χ1n) is 8.03. The fourth-order valence-electron chi connectivity index (χ4n) is 2.85. The van der Waals surface area contributed by atoms with Gasteiger partial charge in [0.1, 0.15) is 0 Å². The van der Waals surface area contributed by atoms with Crippen LogP contribution in [0, 0.1) is 5.92 Å². The van der Waals surface area contributed by atoms with Gasteiger partial charge in [-0.15, -0.1) is 0 Å². The molecule has 1 atom stereocenters. The van der Waals surface area contributed by atoms with Gasteiger partial charge in [-0.1, -0.05) is 30.3 Å². The Morgan fingerprint density at radius 3 is 2.62 bits per heavy atom. The van der Waals surface area contributed by atoms with Crippen molar-refractivity contribution in [1.82, 2.24) is 10.2 Å². The minimum atomic E-state index is -0.126. The second kappa shape index (κ2) is 8.80. The van der Waals surface area contributed by atoms with Crippen LogP contribution in [0.3, 0.4) is 0 Å². The molecule has 0 saturated carbocycles. The molecule has 116 valence electrons. The van der Waals surface area contributed by atoms with Crippen molar-refractivity contribution in [2.24, 2.45) is 11.7 Å². The Morgan fingerprint density at radius 1 is 1.24 bits per heavy atom. The Balaban J connectivity index is 1.67. The summed E-state index contributed by atoms with van der Waals surface area (Å²) < 4.78 is 0. The molecule has 1 aromatic carbocycles. The zero-order chi connectivity index (χ0) is 14.9. The summed E-state index contributed by atoms with van der Waals surface area (Å²) in [6.07, 6.45) is 4.38. The number of hydrogen-bond donors (Lipinski definition) is 2. The molecule has 1 amide bonds. The summed E-state index contributed by atoms with van der Waals surface area (Å²) in [4.78, 5) is 14.6. The number of benzene rings is 1. The Hall–Kier alpha value is -1.39. The smallest absolute Gasteiger partial charge is 0.224 e. The van der Waals surface area contributed by atoms with Gasteiger partial charge in [0.15, 0.2) is 0 Å². The van der Waals surface area contributed by atoms with Gasteiger partial charge in [0.25, 0.3) is 0 Å². The highest BCUT2D eigenvalue weighted by Gasteiger charge is 2.17. The third-order valence-electron chi connectivity index (χ3n) is 4.13. The van der Waals surface area contributed by atoms with Gasteiger partial charge in [0, 0.05) is 13.1 Å². The van der Waals surface area contributed by atoms with Crippen molar-refractivity contribution in [3.8, 4) is 0 Å². The number of nitrogens with two attached hydrogens (primary N) is 1. The number of amides is 1. The second-order valence-corrected chi connectivity index (χ2v) is 5.82. The van der Waals surface area contributed by atoms with Crippen molar-refractivity contribution >= 4 is 5.91 Å². The topological polar surface area (TPSA) is 58.4 Å². The summed E-state index contributed by atoms with van der Waals surface area (Å²) in [5.41, 5.74) is 6.92. The molecule has 0 spiro atoms. The highest BCUT2D eigenvalue weighted by molar-refractivity contribution is 5.79. The van der Waals surface area contributed by atoms with E-state index in [-0.39, 0.29) is 11.8 Å². The molecule has 2 rings (SSSR count). The monoisotopic (exact) mass is 289 g/mol. The Labute approximate surface area is 127 Å². The van der Waals surface area contributed by atoms with Gasteiger partial charge in [0.2, 0.25) is 5.91 Å². The maximum atomic E-state index is 12.2. The zero-order valence-corrected chi connectivity index (χ0v) is 12.8. The number of hydrogen-bond acceptors (Lipinski definition) is 3. The van der Waals surface area contributed by atoms with Crippen LogP contribution < -0.4 is 11.1 Å². The van der Waals surface area contributed by atoms with Crippen molar-refractivity contribution in [1.29, 1.82) is 0 Å². The molecule has 1 heterocycles. The van der Waals surface area contributed by atoms with Crippen LogP contribution in [0.25, 0.3) is 0 Å². The second-order valence-electron chi connectivity index (χ2n) is 5.82. The molecule has 1 aliphatic heterocycles. The van der Waals surface area contributed by atoms with Gasteiger partial charge in [-0.05, 0) is 50.9 Å². The summed E-state index contributed by atoms with van der Waals surface area (Å²) in [7, 11) is 0. The van der Waals surface area contributed by atoms with E-state index < -0.39 is 0 Å². The van der Waals surface area contributed by atoms with E-state index in [9.17, 15) is 4.79 Å². The molecular formula is C17H27N3O. The van der Waals surface area contributed by atoms with E-state index >= 15 is 0 Å². The molecular weight excluding hydrogens is 262 g/mol. The van der Waals surface area contributed by atoms with E-state index in [1.807, 2.05) is 30.3 Å². The Bertz CT molecular complexity index is 415. The van der Waals surface area contributed by atoms with Crippen LogP contribution in [0.4, 0.5) is 0 Å². The number of nitrogens with one attached hydrogen (secondary N) is 1. The first-order valence-corrected chi connectivity index (χ1v) is 8.03. The van der Waals surface area contributed by atoms with Crippen molar-refractivity contribution in [3.63, 3.8) is 0 Å². The number of carbonyl (C=O) groups excluding carboxylic acids is 1. The van der Waals surface area contributed by atoms with Crippen LogP contribution >= 0.6 is 0 Å². The van der Waals surface area contributed by atoms with Gasteiger partial charge >= 0.3 is 0 Å². The minimum absolute atomic E-state index is 0.0859. The van der Waals surface area contributed by atoms with Gasteiger partial charge in [0.05, 0.1) is 5.92 Å². The molecule has 1 aromatic rings. The lowest BCUT2D eigenvalue weighted by atomic mass is 9.98. The molecule has 1 fully saturated rings. The van der Waals surface area contributed by atoms with Crippen LogP contribution in [0.1, 0.15) is 24.8 Å². The van der Waals surface area contributed by atoms with E-state index in [4.69, 9.17) is 5.73 Å². The van der Waals surface area contributed by atoms with Crippen LogP contribution in [-0.2, 0) is 11.2 Å². The van der Waals surface area contributed by atoms with Crippen molar-refractivity contribution in [2.45, 2.75) is 25.7 Å². The van der Waals surface area contributed by atoms with Gasteiger partial charge in [-0.2, -0.15) is 0 Å². The van der Waals surface area contributed by atoms with E-state index in [2.05, 4.69) is 10.2 Å². The zero-order valence-electron chi connectivity index (χ0n) is 12.8. The van der Waals surface area contributed by atoms with Crippen LogP contribution in [0.2, 0.25) is 0 Å². The quantitative estimate of drug-likeness (QED) is 0.711. The van der Waals surface area contributed by atoms with E-state index in [0.717, 1.165) is 25.9 Å². The summed E-state index contributed by atoms with van der Waals surface area (Å²) in [6.45, 7) is 4.67. The standard InChI is InChI=1S/C17H27N3O/c18-14-16(13-15-7-2-1-3-8-15)17(21)19-9-6-12-20-10-4-5-11-20/h1-3,7-8,16H,4-6,9-14,18H2,(H,19,21). The highest BCUT2D eigenvalue weighted by atomic mass is 16.1. The SMILES string of the molecule is NCC(Cc1ccccc1)C(=O)NCCCN1CCCC1. The Morgan fingerprint density at radius 2 is 1.95 bits per heavy atom. The third kappa shape index (κ3) is 5.48. The molecule has 4 heteroatoms. The first-order chi connectivity index (χ1) is 10.3. The summed E-state index contributed by atoms with van der Waals surface area (Å²) in [5.74, 6) is -0.0399. The molecule has 0 radical (unpaired) electrons. The van der Waals surface area contributed by atoms with Crippen molar-refractivity contribution in [3.05, 3.63) is 35.9 Å². The maximum Gasteiger partial charge on any atom is 0.224 e. The molecule has 4 nitrogen and oxygen atoms in total. The number of nitrogens with zero attached hydrogens (tertiary/aromatic N) is 1. The Kier molecular flexibility index (Phi) is 6.70. The molecule has 1 saturated heterocycles. The first kappa shape index (κ1) is 16.0. The van der Waals surface area contributed by atoms with Gasteiger partial charge in [-0.25, -0.2) is 0 Å². The average Bonchev–Trinajstić information content (AvgIpc) is 3.03. The molecule has 1 aliphatic rings. The van der Waals surface area contributed by atoms with Crippen LogP contribution in [0.15, 0.2) is 30.3 Å². The highest BCUT2D eigenvalue weighted by Crippen LogP contribution is 2.09. The predicted octanol–water partition coefficient (Wildman–Crippen LogP) is 1.41. The molecule has 1 unspecified atom stereocenters. The van der Waals surface area contributed by atoms with Crippen LogP contribution in [0.5, 0.6) is 0 Å². The largest absolute Gasteiger partial charge is 0.356 e. The summed E-state index contributed by atoms with van der Waals surface area (Å²) >= 11 is 0. The van der Waals surface area contributed by atoms with Gasteiger partial charge < -0.3 is 16.0 Å². The maximum absolute atomic E-state index is 12.2. The lowest BCUT2D eigenvalue weighted by Crippen LogP contribution is -2.37. The number of rotatable bonds is 8. The number of carbonyl (C=O) groups is 1. The minimum Gasteiger partial charge on any atom is -0.356 e. The normalized spacial score (nSPS) is 16.8. The van der Waals surface area contributed by atoms with Crippen molar-refractivity contribution < 1.29 is 4.79 Å². The van der Waals surface area contributed by atoms with Gasteiger partial charge in [-0.3, -0.25) is 4.79 Å². The summed E-state index contributed by atoms with van der Waals surface area (Å²) in [5, 5.41) is 3.03. The van der Waals surface area contributed by atoms with Crippen molar-refractivity contribution in [2.75, 3.05) is 32.7 Å². The molecule has 0 aliphatic carbocycles. The fourth-order valence-corrected chi connectivity index (χ4v) is 2.85. The molecule has 3 N–H and O–H groups in total. The van der Waals surface area contributed by atoms with E-state index in [1.165, 1.54) is 31.5 Å². The lowest BCUT2D eigenvalue weighted by molar-refractivity contribution is -0.124. The predicted molar refractivity (Wildman–Crippen MR) is 86.0 cm³/mol. The average molecular weight is 289 g/mol. The van der Waals surface area contributed by atoms with Crippen LogP contribution in [-0.4, -0.2) is 43.5 Å². The number of likely N-dealkylation sites (tertiary alicyclic amines) is 1. The lowest BCUT2D eigenvalue weighted by Gasteiger charge is -2.17. The fraction of sp³-hybridized carbons (Fsp3) is 0.588. The summed E-state index contributed by atoms with van der Waals surface area (Å²) in [6, 6.07) is 10.1. The third-order valence-corrected chi connectivity index (χ3v) is 4.13. The molecule has 21 heavy (non-hydrogen) atoms. The van der Waals surface area contributed by atoms with E-state index in [1.54, 1.807) is 0 Å². The molecule has 0 bridgehead atoms. The van der Waals surface area contributed by atoms with E-state index in [0.29, 0.717) is 6.54 Å².